The van der Waals surface area contributed by atoms with Crippen LogP contribution in [-0.4, -0.2) is 25.0 Å². The van der Waals surface area contributed by atoms with Crippen LogP contribution in [0.5, 0.6) is 5.75 Å². The molecule has 0 radical (unpaired) electrons. The lowest BCUT2D eigenvalue weighted by molar-refractivity contribution is -0.122. The molecule has 5 nitrogen and oxygen atoms in total. The molecule has 0 aromatic heterocycles. The van der Waals surface area contributed by atoms with Crippen LogP contribution in [0.3, 0.4) is 0 Å². The fourth-order valence-electron chi connectivity index (χ4n) is 3.04. The number of rotatable bonds is 5. The summed E-state index contributed by atoms with van der Waals surface area (Å²) in [6, 6.07) is 11.5. The van der Waals surface area contributed by atoms with Crippen molar-refractivity contribution in [2.24, 2.45) is 5.92 Å². The van der Waals surface area contributed by atoms with E-state index in [1.807, 2.05) is 19.1 Å². The van der Waals surface area contributed by atoms with E-state index in [0.29, 0.717) is 23.7 Å². The van der Waals surface area contributed by atoms with Gasteiger partial charge in [-0.2, -0.15) is 0 Å². The number of nitrogens with zero attached hydrogens (tertiary/aromatic N) is 1. The summed E-state index contributed by atoms with van der Waals surface area (Å²) in [6.07, 6.45) is 0.112. The van der Waals surface area contributed by atoms with E-state index < -0.39 is 11.7 Å². The smallest absolute Gasteiger partial charge is 0.229 e. The molecule has 2 aromatic rings. The van der Waals surface area contributed by atoms with Gasteiger partial charge < -0.3 is 15.0 Å². The molecule has 0 spiro atoms. The molecule has 6 heteroatoms. The number of halogens is 1. The van der Waals surface area contributed by atoms with Crippen molar-refractivity contribution in [2.75, 3.05) is 23.4 Å². The van der Waals surface area contributed by atoms with Gasteiger partial charge in [-0.1, -0.05) is 18.2 Å². The van der Waals surface area contributed by atoms with Gasteiger partial charge in [0.05, 0.1) is 18.2 Å². The Morgan fingerprint density at radius 1 is 1.31 bits per heavy atom. The van der Waals surface area contributed by atoms with Gasteiger partial charge in [-0.15, -0.1) is 0 Å². The highest BCUT2D eigenvalue weighted by Crippen LogP contribution is 2.33. The molecule has 2 amide bonds. The molecule has 1 heterocycles. The molecule has 1 aliphatic heterocycles. The predicted octanol–water partition coefficient (Wildman–Crippen LogP) is 3.52. The average Bonchev–Trinajstić information content (AvgIpc) is 3.01. The minimum atomic E-state index is -0.500. The Labute approximate surface area is 151 Å². The number of anilines is 2. The second-order valence-electron chi connectivity index (χ2n) is 6.25. The minimum absolute atomic E-state index is 0.112. The molecule has 0 saturated carbocycles. The fourth-order valence-corrected chi connectivity index (χ4v) is 3.04. The fraction of sp³-hybridized carbons (Fsp3) is 0.300. The number of carbonyl (C=O) groups is 2. The van der Waals surface area contributed by atoms with E-state index in [2.05, 4.69) is 5.32 Å². The minimum Gasteiger partial charge on any atom is -0.492 e. The van der Waals surface area contributed by atoms with Crippen molar-refractivity contribution < 1.29 is 18.7 Å². The maximum atomic E-state index is 13.4. The van der Waals surface area contributed by atoms with Crippen molar-refractivity contribution in [3.8, 4) is 5.75 Å². The molecule has 1 N–H and O–H groups in total. The monoisotopic (exact) mass is 356 g/mol. The van der Waals surface area contributed by atoms with E-state index in [0.717, 1.165) is 5.56 Å². The quantitative estimate of drug-likeness (QED) is 0.892. The first-order valence-corrected chi connectivity index (χ1v) is 8.58. The Bertz CT molecular complexity index is 838. The molecule has 136 valence electrons. The third kappa shape index (κ3) is 3.69. The van der Waals surface area contributed by atoms with Crippen molar-refractivity contribution in [1.82, 2.24) is 0 Å². The van der Waals surface area contributed by atoms with Crippen LogP contribution in [0.4, 0.5) is 15.8 Å². The highest BCUT2D eigenvalue weighted by Gasteiger charge is 2.36. The van der Waals surface area contributed by atoms with E-state index in [1.54, 1.807) is 30.0 Å². The normalized spacial score (nSPS) is 16.7. The van der Waals surface area contributed by atoms with Gasteiger partial charge in [0.2, 0.25) is 11.8 Å². The van der Waals surface area contributed by atoms with Crippen molar-refractivity contribution in [3.63, 3.8) is 0 Å². The van der Waals surface area contributed by atoms with Crippen LogP contribution in [0.15, 0.2) is 42.5 Å². The molecule has 1 saturated heterocycles. The summed E-state index contributed by atoms with van der Waals surface area (Å²) in [6.45, 7) is 4.42. The van der Waals surface area contributed by atoms with Gasteiger partial charge in [0.25, 0.3) is 0 Å². The Morgan fingerprint density at radius 3 is 2.85 bits per heavy atom. The summed E-state index contributed by atoms with van der Waals surface area (Å²) in [5.74, 6) is -0.720. The highest BCUT2D eigenvalue weighted by atomic mass is 19.1. The molecule has 0 bridgehead atoms. The number of hydrogen-bond acceptors (Lipinski definition) is 3. The number of para-hydroxylation sites is 2. The van der Waals surface area contributed by atoms with Crippen molar-refractivity contribution in [3.05, 3.63) is 53.8 Å². The topological polar surface area (TPSA) is 58.6 Å². The second kappa shape index (κ2) is 7.56. The number of nitrogens with one attached hydrogen (secondary N) is 1. The summed E-state index contributed by atoms with van der Waals surface area (Å²) in [4.78, 5) is 26.6. The third-order valence-electron chi connectivity index (χ3n) is 4.41. The van der Waals surface area contributed by atoms with Gasteiger partial charge in [-0.05, 0) is 43.7 Å². The van der Waals surface area contributed by atoms with E-state index in [1.165, 1.54) is 12.1 Å². The lowest BCUT2D eigenvalue weighted by Crippen LogP contribution is -2.28. The van der Waals surface area contributed by atoms with Crippen molar-refractivity contribution in [1.29, 1.82) is 0 Å². The standard InChI is InChI=1S/C20H21FN2O3/c1-3-26-18-7-5-4-6-17(18)23-12-14(10-19(23)24)20(25)22-16-11-15(21)9-8-13(16)2/h4-9,11,14H,3,10,12H2,1-2H3,(H,22,25)/t14-/m0/s1. The number of amides is 2. The van der Waals surface area contributed by atoms with E-state index >= 15 is 0 Å². The third-order valence-corrected chi connectivity index (χ3v) is 4.41. The van der Waals surface area contributed by atoms with Crippen LogP contribution in [-0.2, 0) is 9.59 Å². The molecule has 0 unspecified atom stereocenters. The molecule has 1 atom stereocenters. The van der Waals surface area contributed by atoms with Gasteiger partial charge >= 0.3 is 0 Å². The summed E-state index contributed by atoms with van der Waals surface area (Å²) in [5, 5.41) is 2.74. The average molecular weight is 356 g/mol. The first kappa shape index (κ1) is 17.9. The van der Waals surface area contributed by atoms with Crippen molar-refractivity contribution >= 4 is 23.2 Å². The summed E-state index contributed by atoms with van der Waals surface area (Å²) < 4.78 is 19.0. The zero-order chi connectivity index (χ0) is 18.7. The molecule has 1 aliphatic rings. The van der Waals surface area contributed by atoms with E-state index in [9.17, 15) is 14.0 Å². The molecular weight excluding hydrogens is 335 g/mol. The molecule has 1 fully saturated rings. The lowest BCUT2D eigenvalue weighted by atomic mass is 10.1. The molecule has 0 aliphatic carbocycles. The van der Waals surface area contributed by atoms with Gasteiger partial charge in [-0.25, -0.2) is 4.39 Å². The van der Waals surface area contributed by atoms with E-state index in [4.69, 9.17) is 4.74 Å². The molecule has 26 heavy (non-hydrogen) atoms. The second-order valence-corrected chi connectivity index (χ2v) is 6.25. The molecule has 2 aromatic carbocycles. The number of ether oxygens (including phenoxy) is 1. The molecular formula is C20H21FN2O3. The lowest BCUT2D eigenvalue weighted by Gasteiger charge is -2.20. The van der Waals surface area contributed by atoms with Gasteiger partial charge in [0, 0.05) is 18.7 Å². The van der Waals surface area contributed by atoms with Gasteiger partial charge in [-0.3, -0.25) is 9.59 Å². The summed E-state index contributed by atoms with van der Waals surface area (Å²) in [7, 11) is 0. The Morgan fingerprint density at radius 2 is 2.08 bits per heavy atom. The maximum Gasteiger partial charge on any atom is 0.229 e. The van der Waals surface area contributed by atoms with E-state index in [-0.39, 0.29) is 24.8 Å². The summed E-state index contributed by atoms with van der Waals surface area (Å²) in [5.41, 5.74) is 1.86. The van der Waals surface area contributed by atoms with Gasteiger partial charge in [0.15, 0.2) is 0 Å². The summed E-state index contributed by atoms with van der Waals surface area (Å²) >= 11 is 0. The van der Waals surface area contributed by atoms with Crippen LogP contribution in [0, 0.1) is 18.7 Å². The number of carbonyl (C=O) groups excluding carboxylic acids is 2. The van der Waals surface area contributed by atoms with Crippen LogP contribution in [0.1, 0.15) is 18.9 Å². The first-order chi connectivity index (χ1) is 12.5. The number of benzene rings is 2. The zero-order valence-electron chi connectivity index (χ0n) is 14.8. The van der Waals surface area contributed by atoms with Crippen LogP contribution in [0.25, 0.3) is 0 Å². The van der Waals surface area contributed by atoms with Crippen LogP contribution >= 0.6 is 0 Å². The molecule has 3 rings (SSSR count). The van der Waals surface area contributed by atoms with Crippen molar-refractivity contribution in [2.45, 2.75) is 20.3 Å². The maximum absolute atomic E-state index is 13.4. The predicted molar refractivity (Wildman–Crippen MR) is 97.8 cm³/mol. The first-order valence-electron chi connectivity index (χ1n) is 8.58. The van der Waals surface area contributed by atoms with Gasteiger partial charge in [0.1, 0.15) is 11.6 Å². The Hall–Kier alpha value is -2.89. The highest BCUT2D eigenvalue weighted by molar-refractivity contribution is 6.04. The van der Waals surface area contributed by atoms with Crippen LogP contribution in [0.2, 0.25) is 0 Å². The SMILES string of the molecule is CCOc1ccccc1N1C[C@@H](C(=O)Nc2cc(F)ccc2C)CC1=O. The Balaban J connectivity index is 1.75. The van der Waals surface area contributed by atoms with Crippen LogP contribution < -0.4 is 15.0 Å². The Kier molecular flexibility index (Phi) is 5.21. The number of hydrogen-bond donors (Lipinski definition) is 1. The number of aryl methyl sites for hydroxylation is 1. The zero-order valence-corrected chi connectivity index (χ0v) is 14.8. The largest absolute Gasteiger partial charge is 0.492 e.